The van der Waals surface area contributed by atoms with E-state index >= 15 is 0 Å². The molecule has 6 heteroatoms. The topological polar surface area (TPSA) is 58.6 Å². The average Bonchev–Trinajstić information content (AvgIpc) is 3.11. The van der Waals surface area contributed by atoms with Gasteiger partial charge in [-0.1, -0.05) is 0 Å². The number of benzene rings is 1. The molecule has 1 unspecified atom stereocenters. The lowest BCUT2D eigenvalue weighted by Crippen LogP contribution is -2.36. The third-order valence-electron chi connectivity index (χ3n) is 4.45. The monoisotopic (exact) mass is 324 g/mol. The molecule has 0 aromatic heterocycles. The number of nitrogens with zero attached hydrogens (tertiary/aromatic N) is 1. The van der Waals surface area contributed by atoms with Crippen molar-refractivity contribution in [2.75, 3.05) is 20.1 Å². The molecule has 1 N–H and O–H groups in total. The second kappa shape index (κ2) is 6.56. The van der Waals surface area contributed by atoms with Crippen LogP contribution in [0.5, 0.6) is 5.75 Å². The quantitative estimate of drug-likeness (QED) is 0.900. The maximum atomic E-state index is 12.4. The van der Waals surface area contributed by atoms with Crippen molar-refractivity contribution < 1.29 is 13.2 Å². The van der Waals surface area contributed by atoms with E-state index in [-0.39, 0.29) is 12.1 Å². The van der Waals surface area contributed by atoms with Crippen molar-refractivity contribution in [3.63, 3.8) is 0 Å². The first kappa shape index (κ1) is 15.8. The van der Waals surface area contributed by atoms with Crippen molar-refractivity contribution in [1.82, 2.24) is 9.62 Å². The zero-order valence-electron chi connectivity index (χ0n) is 13.0. The number of nitrogens with one attached hydrogen (secondary N) is 1. The Morgan fingerprint density at radius 3 is 2.41 bits per heavy atom. The van der Waals surface area contributed by atoms with Crippen molar-refractivity contribution in [3.05, 3.63) is 24.3 Å². The number of sulfonamides is 1. The van der Waals surface area contributed by atoms with Crippen LogP contribution in [-0.4, -0.2) is 45.6 Å². The molecule has 0 radical (unpaired) electrons. The minimum Gasteiger partial charge on any atom is -0.490 e. The first-order valence-electron chi connectivity index (χ1n) is 8.00. The Morgan fingerprint density at radius 2 is 1.82 bits per heavy atom. The lowest BCUT2D eigenvalue weighted by atomic mass is 10.3. The fourth-order valence-electron chi connectivity index (χ4n) is 3.21. The van der Waals surface area contributed by atoms with Crippen LogP contribution in [0.4, 0.5) is 0 Å². The van der Waals surface area contributed by atoms with E-state index in [2.05, 4.69) is 9.62 Å². The fourth-order valence-corrected chi connectivity index (χ4v) is 4.48. The smallest absolute Gasteiger partial charge is 0.240 e. The Labute approximate surface area is 132 Å². The summed E-state index contributed by atoms with van der Waals surface area (Å²) in [6, 6.07) is 6.78. The first-order valence-corrected chi connectivity index (χ1v) is 9.49. The van der Waals surface area contributed by atoms with Crippen molar-refractivity contribution in [2.24, 2.45) is 0 Å². The third-order valence-corrected chi connectivity index (χ3v) is 5.99. The number of rotatable bonds is 5. The number of ether oxygens (including phenoxy) is 1. The minimum absolute atomic E-state index is 0.00409. The van der Waals surface area contributed by atoms with Gasteiger partial charge in [-0.3, -0.25) is 0 Å². The van der Waals surface area contributed by atoms with Gasteiger partial charge in [0.15, 0.2) is 0 Å². The molecule has 1 aromatic carbocycles. The Kier molecular flexibility index (Phi) is 4.70. The second-order valence-corrected chi connectivity index (χ2v) is 8.08. The molecule has 0 amide bonds. The number of likely N-dealkylation sites (N-methyl/N-ethyl adjacent to an activating group) is 1. The van der Waals surface area contributed by atoms with Gasteiger partial charge in [-0.25, -0.2) is 13.1 Å². The van der Waals surface area contributed by atoms with Gasteiger partial charge in [0.1, 0.15) is 5.75 Å². The summed E-state index contributed by atoms with van der Waals surface area (Å²) in [6.45, 7) is 1.70. The number of likely N-dealkylation sites (tertiary alicyclic amines) is 1. The summed E-state index contributed by atoms with van der Waals surface area (Å²) >= 11 is 0. The highest BCUT2D eigenvalue weighted by Gasteiger charge is 2.25. The molecule has 1 saturated carbocycles. The van der Waals surface area contributed by atoms with Gasteiger partial charge >= 0.3 is 0 Å². The zero-order chi connectivity index (χ0) is 15.6. The van der Waals surface area contributed by atoms with Gasteiger partial charge in [0.05, 0.1) is 11.0 Å². The van der Waals surface area contributed by atoms with Gasteiger partial charge in [-0.05, 0) is 70.0 Å². The van der Waals surface area contributed by atoms with E-state index in [0.29, 0.717) is 4.90 Å². The van der Waals surface area contributed by atoms with E-state index in [1.165, 1.54) is 12.8 Å². The maximum Gasteiger partial charge on any atom is 0.240 e. The summed E-state index contributed by atoms with van der Waals surface area (Å²) in [5.41, 5.74) is 0. The molecule has 2 aliphatic rings. The summed E-state index contributed by atoms with van der Waals surface area (Å²) in [7, 11) is -1.44. The SMILES string of the molecule is CN1CCC(NS(=O)(=O)c2ccc(OC3CCCC3)cc2)C1. The fraction of sp³-hybridized carbons (Fsp3) is 0.625. The maximum absolute atomic E-state index is 12.4. The lowest BCUT2D eigenvalue weighted by molar-refractivity contribution is 0.210. The van der Waals surface area contributed by atoms with Crippen molar-refractivity contribution >= 4 is 10.0 Å². The summed E-state index contributed by atoms with van der Waals surface area (Å²) in [5, 5.41) is 0. The predicted octanol–water partition coefficient (Wildman–Crippen LogP) is 1.99. The predicted molar refractivity (Wildman–Crippen MR) is 85.5 cm³/mol. The lowest BCUT2D eigenvalue weighted by Gasteiger charge is -2.15. The van der Waals surface area contributed by atoms with Crippen molar-refractivity contribution in [1.29, 1.82) is 0 Å². The molecule has 122 valence electrons. The molecule has 1 aliphatic carbocycles. The van der Waals surface area contributed by atoms with Gasteiger partial charge < -0.3 is 9.64 Å². The largest absolute Gasteiger partial charge is 0.490 e. The molecule has 1 aliphatic heterocycles. The molecule has 1 atom stereocenters. The molecule has 1 saturated heterocycles. The summed E-state index contributed by atoms with van der Waals surface area (Å²) in [6.07, 6.45) is 5.77. The van der Waals surface area contributed by atoms with E-state index in [0.717, 1.165) is 38.1 Å². The molecule has 1 heterocycles. The molecular formula is C16H24N2O3S. The molecular weight excluding hydrogens is 300 g/mol. The van der Waals surface area contributed by atoms with Gasteiger partial charge in [-0.2, -0.15) is 0 Å². The summed E-state index contributed by atoms with van der Waals surface area (Å²) in [4.78, 5) is 2.44. The Hall–Kier alpha value is -1.11. The third kappa shape index (κ3) is 3.80. The van der Waals surface area contributed by atoms with Gasteiger partial charge in [0.25, 0.3) is 0 Å². The molecule has 3 rings (SSSR count). The minimum atomic E-state index is -3.44. The van der Waals surface area contributed by atoms with Gasteiger partial charge in [-0.15, -0.1) is 0 Å². The van der Waals surface area contributed by atoms with Crippen LogP contribution in [-0.2, 0) is 10.0 Å². The zero-order valence-corrected chi connectivity index (χ0v) is 13.8. The van der Waals surface area contributed by atoms with Crippen molar-refractivity contribution in [3.8, 4) is 5.75 Å². The number of hydrogen-bond acceptors (Lipinski definition) is 4. The molecule has 22 heavy (non-hydrogen) atoms. The molecule has 1 aromatic rings. The summed E-state index contributed by atoms with van der Waals surface area (Å²) in [5.74, 6) is 0.756. The Bertz CT molecular complexity index is 594. The van der Waals surface area contributed by atoms with Crippen LogP contribution in [0.1, 0.15) is 32.1 Å². The highest BCUT2D eigenvalue weighted by molar-refractivity contribution is 7.89. The molecule has 2 fully saturated rings. The van der Waals surface area contributed by atoms with E-state index in [9.17, 15) is 8.42 Å². The van der Waals surface area contributed by atoms with E-state index in [1.807, 2.05) is 7.05 Å². The van der Waals surface area contributed by atoms with Crippen molar-refractivity contribution in [2.45, 2.75) is 49.1 Å². The normalized spacial score (nSPS) is 24.0. The van der Waals surface area contributed by atoms with Crippen LogP contribution in [0.15, 0.2) is 29.2 Å². The highest BCUT2D eigenvalue weighted by atomic mass is 32.2. The van der Waals surface area contributed by atoms with E-state index < -0.39 is 10.0 Å². The summed E-state index contributed by atoms with van der Waals surface area (Å²) < 4.78 is 33.4. The van der Waals surface area contributed by atoms with Crippen LogP contribution in [0.2, 0.25) is 0 Å². The standard InChI is InChI=1S/C16H24N2O3S/c1-18-11-10-13(12-18)17-22(19,20)16-8-6-15(7-9-16)21-14-4-2-3-5-14/h6-9,13-14,17H,2-5,10-12H2,1H3. The highest BCUT2D eigenvalue weighted by Crippen LogP contribution is 2.25. The molecule has 0 spiro atoms. The second-order valence-electron chi connectivity index (χ2n) is 6.36. The van der Waals surface area contributed by atoms with Gasteiger partial charge in [0, 0.05) is 12.6 Å². The van der Waals surface area contributed by atoms with Gasteiger partial charge in [0.2, 0.25) is 10.0 Å². The molecule has 5 nitrogen and oxygen atoms in total. The average molecular weight is 324 g/mol. The van der Waals surface area contributed by atoms with Crippen LogP contribution < -0.4 is 9.46 Å². The Morgan fingerprint density at radius 1 is 1.14 bits per heavy atom. The van der Waals surface area contributed by atoms with Crippen LogP contribution in [0.25, 0.3) is 0 Å². The number of hydrogen-bond donors (Lipinski definition) is 1. The molecule has 0 bridgehead atoms. The Balaban J connectivity index is 1.63. The first-order chi connectivity index (χ1) is 10.5. The van der Waals surface area contributed by atoms with Crippen LogP contribution in [0, 0.1) is 0 Å². The van der Waals surface area contributed by atoms with E-state index in [1.54, 1.807) is 24.3 Å². The van der Waals surface area contributed by atoms with E-state index in [4.69, 9.17) is 4.74 Å². The van der Waals surface area contributed by atoms with Crippen LogP contribution in [0.3, 0.4) is 0 Å². The van der Waals surface area contributed by atoms with Crippen LogP contribution >= 0.6 is 0 Å².